The summed E-state index contributed by atoms with van der Waals surface area (Å²) in [6.45, 7) is 3.34. The van der Waals surface area contributed by atoms with Crippen molar-refractivity contribution in [2.45, 2.75) is 75.4 Å². The topological polar surface area (TPSA) is 62.2 Å². The van der Waals surface area contributed by atoms with Crippen LogP contribution in [0.1, 0.15) is 66.1 Å². The number of amides is 2. The number of carbonyl (C=O) groups is 1. The lowest BCUT2D eigenvalue weighted by atomic mass is 9.99. The van der Waals surface area contributed by atoms with Crippen LogP contribution in [0.2, 0.25) is 0 Å². The first-order valence-corrected chi connectivity index (χ1v) is 12.3. The molecular formula is C23H29N5OS. The van der Waals surface area contributed by atoms with Gasteiger partial charge in [-0.2, -0.15) is 5.10 Å². The van der Waals surface area contributed by atoms with Crippen molar-refractivity contribution in [1.29, 1.82) is 0 Å². The summed E-state index contributed by atoms with van der Waals surface area (Å²) >= 11 is 1.33. The van der Waals surface area contributed by atoms with Crippen molar-refractivity contribution in [2.75, 3.05) is 18.4 Å². The maximum Gasteiger partial charge on any atom is 0.329 e. The highest BCUT2D eigenvalue weighted by Crippen LogP contribution is 2.39. The SMILES string of the molecule is O=C(NSc1cc(CN2CCC2)n(C2CC2)n1)Nc1c2c(cc3c1CCC3)CCC2. The summed E-state index contributed by atoms with van der Waals surface area (Å²) in [5, 5.41) is 8.88. The van der Waals surface area contributed by atoms with Crippen LogP contribution in [0.5, 0.6) is 0 Å². The van der Waals surface area contributed by atoms with Gasteiger partial charge < -0.3 is 5.32 Å². The summed E-state index contributed by atoms with van der Waals surface area (Å²) in [4.78, 5) is 15.2. The molecule has 2 amide bonds. The molecule has 1 aromatic carbocycles. The van der Waals surface area contributed by atoms with E-state index in [2.05, 4.69) is 31.8 Å². The molecule has 0 bridgehead atoms. The minimum absolute atomic E-state index is 0.139. The van der Waals surface area contributed by atoms with E-state index in [0.29, 0.717) is 6.04 Å². The highest BCUT2D eigenvalue weighted by molar-refractivity contribution is 7.97. The number of benzene rings is 1. The molecule has 4 aliphatic rings. The van der Waals surface area contributed by atoms with Crippen LogP contribution in [0.25, 0.3) is 0 Å². The summed E-state index contributed by atoms with van der Waals surface area (Å²) in [7, 11) is 0. The summed E-state index contributed by atoms with van der Waals surface area (Å²) < 4.78 is 5.18. The molecule has 0 spiro atoms. The van der Waals surface area contributed by atoms with Crippen molar-refractivity contribution < 1.29 is 4.79 Å². The summed E-state index contributed by atoms with van der Waals surface area (Å²) in [6.07, 6.45) is 10.6. The van der Waals surface area contributed by atoms with Crippen LogP contribution in [0.4, 0.5) is 10.5 Å². The number of likely N-dealkylation sites (tertiary alicyclic amines) is 1. The van der Waals surface area contributed by atoms with E-state index in [1.165, 1.54) is 85.1 Å². The second kappa shape index (κ2) is 7.61. The van der Waals surface area contributed by atoms with Crippen LogP contribution in [0.3, 0.4) is 0 Å². The van der Waals surface area contributed by atoms with E-state index in [-0.39, 0.29) is 6.03 Å². The molecule has 0 atom stereocenters. The second-order valence-corrected chi connectivity index (χ2v) is 10.00. The predicted molar refractivity (Wildman–Crippen MR) is 119 cm³/mol. The van der Waals surface area contributed by atoms with Gasteiger partial charge in [0.25, 0.3) is 0 Å². The van der Waals surface area contributed by atoms with Gasteiger partial charge >= 0.3 is 6.03 Å². The first kappa shape index (κ1) is 18.8. The number of rotatable bonds is 6. The number of hydrogen-bond acceptors (Lipinski definition) is 4. The molecule has 6 nitrogen and oxygen atoms in total. The molecule has 3 aliphatic carbocycles. The van der Waals surface area contributed by atoms with Gasteiger partial charge in [0, 0.05) is 24.2 Å². The number of aromatic nitrogens is 2. The van der Waals surface area contributed by atoms with Crippen molar-refractivity contribution >= 4 is 23.7 Å². The lowest BCUT2D eigenvalue weighted by molar-refractivity contribution is 0.167. The maximum absolute atomic E-state index is 12.8. The maximum atomic E-state index is 12.8. The molecule has 7 heteroatoms. The average Bonchev–Trinajstić information content (AvgIpc) is 3.11. The zero-order valence-corrected chi connectivity index (χ0v) is 18.2. The molecular weight excluding hydrogens is 394 g/mol. The Bertz CT molecular complexity index is 960. The van der Waals surface area contributed by atoms with Crippen LogP contribution in [0, 0.1) is 0 Å². The molecule has 1 saturated carbocycles. The van der Waals surface area contributed by atoms with Crippen LogP contribution in [-0.2, 0) is 32.2 Å². The number of carbonyl (C=O) groups excluding carboxylic acids is 1. The average molecular weight is 424 g/mol. The zero-order valence-electron chi connectivity index (χ0n) is 17.4. The van der Waals surface area contributed by atoms with Crippen LogP contribution in [-0.4, -0.2) is 33.8 Å². The largest absolute Gasteiger partial charge is 0.329 e. The Balaban J connectivity index is 1.15. The lowest BCUT2D eigenvalue weighted by Gasteiger charge is -2.30. The van der Waals surface area contributed by atoms with Gasteiger partial charge in [-0.1, -0.05) is 6.07 Å². The third kappa shape index (κ3) is 3.52. The molecule has 2 heterocycles. The number of nitrogens with zero attached hydrogens (tertiary/aromatic N) is 3. The van der Waals surface area contributed by atoms with Crippen molar-refractivity contribution in [2.24, 2.45) is 0 Å². The zero-order chi connectivity index (χ0) is 20.1. The van der Waals surface area contributed by atoms with E-state index < -0.39 is 0 Å². The van der Waals surface area contributed by atoms with E-state index >= 15 is 0 Å². The van der Waals surface area contributed by atoms with Gasteiger partial charge in [0.15, 0.2) is 0 Å². The van der Waals surface area contributed by atoms with Crippen molar-refractivity contribution in [3.8, 4) is 0 Å². The molecule has 2 N–H and O–H groups in total. The summed E-state index contributed by atoms with van der Waals surface area (Å²) in [5.74, 6) is 0. The number of anilines is 1. The van der Waals surface area contributed by atoms with E-state index in [1.54, 1.807) is 0 Å². The third-order valence-corrected chi connectivity index (χ3v) is 7.67. The van der Waals surface area contributed by atoms with Crippen LogP contribution in [0.15, 0.2) is 17.2 Å². The number of fused-ring (bicyclic) bond motifs is 2. The molecule has 1 aromatic heterocycles. The molecule has 0 radical (unpaired) electrons. The third-order valence-electron chi connectivity index (χ3n) is 6.98. The van der Waals surface area contributed by atoms with Gasteiger partial charge in [0.2, 0.25) is 0 Å². The standard InChI is InChI=1S/C23H29N5OS/c29-23(24-22-19-6-1-4-15(19)12-16-5-2-7-20(16)22)26-30-21-13-18(14-27-10-3-11-27)28(25-21)17-8-9-17/h12-13,17H,1-11,14H2,(H2,24,26,29). The first-order valence-electron chi connectivity index (χ1n) is 11.5. The number of aryl methyl sites for hydroxylation is 2. The monoisotopic (exact) mass is 423 g/mol. The van der Waals surface area contributed by atoms with Gasteiger partial charge in [-0.3, -0.25) is 14.3 Å². The Hall–Kier alpha value is -1.99. The van der Waals surface area contributed by atoms with Gasteiger partial charge in [0.1, 0.15) is 5.03 Å². The Kier molecular flexibility index (Phi) is 4.76. The van der Waals surface area contributed by atoms with Gasteiger partial charge in [0.05, 0.1) is 11.7 Å². The molecule has 30 heavy (non-hydrogen) atoms. The Labute approximate surface area is 181 Å². The number of hydrogen-bond donors (Lipinski definition) is 2. The number of urea groups is 1. The Morgan fingerprint density at radius 3 is 2.40 bits per heavy atom. The molecule has 0 unspecified atom stereocenters. The predicted octanol–water partition coefficient (Wildman–Crippen LogP) is 4.23. The Morgan fingerprint density at radius 2 is 1.77 bits per heavy atom. The lowest BCUT2D eigenvalue weighted by Crippen LogP contribution is -2.36. The molecule has 2 fully saturated rings. The number of nitrogens with one attached hydrogen (secondary N) is 2. The molecule has 2 aromatic rings. The minimum Gasteiger partial charge on any atom is -0.307 e. The highest BCUT2D eigenvalue weighted by atomic mass is 32.2. The molecule has 1 saturated heterocycles. The van der Waals surface area contributed by atoms with Crippen LogP contribution >= 0.6 is 11.9 Å². The van der Waals surface area contributed by atoms with Crippen molar-refractivity contribution in [3.63, 3.8) is 0 Å². The summed E-state index contributed by atoms with van der Waals surface area (Å²) in [5.41, 5.74) is 7.99. The van der Waals surface area contributed by atoms with Gasteiger partial charge in [-0.15, -0.1) is 0 Å². The fraction of sp³-hybridized carbons (Fsp3) is 0.565. The van der Waals surface area contributed by atoms with Crippen molar-refractivity contribution in [3.05, 3.63) is 40.1 Å². The fourth-order valence-corrected chi connectivity index (χ4v) is 5.76. The van der Waals surface area contributed by atoms with Gasteiger partial charge in [-0.25, -0.2) is 4.79 Å². The van der Waals surface area contributed by atoms with Crippen molar-refractivity contribution in [1.82, 2.24) is 19.4 Å². The smallest absolute Gasteiger partial charge is 0.307 e. The van der Waals surface area contributed by atoms with E-state index in [4.69, 9.17) is 5.10 Å². The quantitative estimate of drug-likeness (QED) is 0.683. The second-order valence-electron chi connectivity index (χ2n) is 9.17. The first-order chi connectivity index (χ1) is 14.7. The van der Waals surface area contributed by atoms with Crippen LogP contribution < -0.4 is 10.0 Å². The fourth-order valence-electron chi connectivity index (χ4n) is 5.18. The van der Waals surface area contributed by atoms with E-state index in [9.17, 15) is 4.79 Å². The molecule has 158 valence electrons. The Morgan fingerprint density at radius 1 is 1.03 bits per heavy atom. The van der Waals surface area contributed by atoms with E-state index in [1.807, 2.05) is 0 Å². The molecule has 6 rings (SSSR count). The van der Waals surface area contributed by atoms with Gasteiger partial charge in [-0.05, 0) is 99.2 Å². The van der Waals surface area contributed by atoms with E-state index in [0.717, 1.165) is 42.9 Å². The highest BCUT2D eigenvalue weighted by Gasteiger charge is 2.29. The minimum atomic E-state index is -0.139. The summed E-state index contributed by atoms with van der Waals surface area (Å²) in [6, 6.07) is 4.96. The molecule has 1 aliphatic heterocycles. The normalized spacial score (nSPS) is 20.0.